The van der Waals surface area contributed by atoms with Gasteiger partial charge in [-0.1, -0.05) is 56.1 Å². The van der Waals surface area contributed by atoms with Crippen LogP contribution in [-0.2, 0) is 0 Å². The molecule has 154 valence electrons. The first-order valence-electron chi connectivity index (χ1n) is 10.7. The second kappa shape index (κ2) is 11.5. The monoisotopic (exact) mass is 402 g/mol. The van der Waals surface area contributed by atoms with Gasteiger partial charge in [-0.3, -0.25) is 0 Å². The Morgan fingerprint density at radius 3 is 1.96 bits per heavy atom. The summed E-state index contributed by atoms with van der Waals surface area (Å²) in [5.74, 6) is 2.30. The minimum absolute atomic E-state index is 0.214. The van der Waals surface area contributed by atoms with E-state index in [2.05, 4.69) is 76.3 Å². The number of benzene rings is 2. The standard InChI is InChI=1S/C25H36ClNO/c1-18(2)6-7-23(22-10-14-25(15-11-22)28-19(3)4)16-17-27-20(5)21-8-12-24(26)13-9-21/h8-15,18-20,23,27H,6-7,16-17H2,1-5H3/p+1/t20-,23-/m1/s1. The van der Waals surface area contributed by atoms with Gasteiger partial charge in [0.15, 0.2) is 0 Å². The fourth-order valence-corrected chi connectivity index (χ4v) is 3.68. The molecule has 0 saturated heterocycles. The molecule has 0 heterocycles. The third kappa shape index (κ3) is 7.85. The Morgan fingerprint density at radius 1 is 0.786 bits per heavy atom. The summed E-state index contributed by atoms with van der Waals surface area (Å²) in [6.45, 7) is 12.1. The van der Waals surface area contributed by atoms with Crippen LogP contribution < -0.4 is 10.1 Å². The second-order valence-electron chi connectivity index (χ2n) is 8.56. The van der Waals surface area contributed by atoms with Crippen LogP contribution in [0.5, 0.6) is 5.75 Å². The van der Waals surface area contributed by atoms with Crippen molar-refractivity contribution in [3.8, 4) is 5.75 Å². The molecule has 28 heavy (non-hydrogen) atoms. The van der Waals surface area contributed by atoms with Gasteiger partial charge >= 0.3 is 0 Å². The third-order valence-electron chi connectivity index (χ3n) is 5.25. The number of ether oxygens (including phenoxy) is 1. The van der Waals surface area contributed by atoms with Gasteiger partial charge in [0.25, 0.3) is 0 Å². The summed E-state index contributed by atoms with van der Waals surface area (Å²) in [6, 6.07) is 17.4. The molecule has 2 aromatic rings. The highest BCUT2D eigenvalue weighted by atomic mass is 35.5. The molecular weight excluding hydrogens is 366 g/mol. The maximum atomic E-state index is 6.01. The summed E-state index contributed by atoms with van der Waals surface area (Å²) in [6.07, 6.45) is 3.91. The number of halogens is 1. The summed E-state index contributed by atoms with van der Waals surface area (Å²) >= 11 is 6.01. The van der Waals surface area contributed by atoms with Gasteiger partial charge in [-0.05, 0) is 68.9 Å². The van der Waals surface area contributed by atoms with Crippen molar-refractivity contribution >= 4 is 11.6 Å². The first-order valence-corrected chi connectivity index (χ1v) is 11.1. The zero-order valence-corrected chi connectivity index (χ0v) is 18.9. The van der Waals surface area contributed by atoms with Crippen molar-refractivity contribution in [2.45, 2.75) is 71.9 Å². The molecule has 0 aromatic heterocycles. The zero-order valence-electron chi connectivity index (χ0n) is 18.1. The quantitative estimate of drug-likeness (QED) is 0.464. The molecule has 0 aliphatic carbocycles. The number of rotatable bonds is 11. The van der Waals surface area contributed by atoms with Gasteiger partial charge in [0.1, 0.15) is 11.8 Å². The van der Waals surface area contributed by atoms with E-state index in [1.54, 1.807) is 0 Å². The van der Waals surface area contributed by atoms with Crippen LogP contribution in [0.3, 0.4) is 0 Å². The zero-order chi connectivity index (χ0) is 20.5. The van der Waals surface area contributed by atoms with Crippen molar-refractivity contribution in [1.82, 2.24) is 0 Å². The van der Waals surface area contributed by atoms with Crippen LogP contribution in [0.2, 0.25) is 5.02 Å². The molecule has 0 aliphatic rings. The summed E-state index contributed by atoms with van der Waals surface area (Å²) in [5, 5.41) is 3.25. The van der Waals surface area contributed by atoms with E-state index in [0.717, 1.165) is 23.2 Å². The minimum atomic E-state index is 0.214. The highest BCUT2D eigenvalue weighted by Gasteiger charge is 2.15. The molecule has 2 atom stereocenters. The van der Waals surface area contributed by atoms with E-state index in [1.807, 2.05) is 12.1 Å². The Balaban J connectivity index is 1.95. The lowest BCUT2D eigenvalue weighted by Crippen LogP contribution is -2.84. The van der Waals surface area contributed by atoms with Crippen molar-refractivity contribution in [3.63, 3.8) is 0 Å². The van der Waals surface area contributed by atoms with Crippen molar-refractivity contribution in [1.29, 1.82) is 0 Å². The molecule has 0 amide bonds. The van der Waals surface area contributed by atoms with Gasteiger partial charge in [-0.25, -0.2) is 0 Å². The number of hydrogen-bond acceptors (Lipinski definition) is 1. The van der Waals surface area contributed by atoms with Crippen molar-refractivity contribution in [2.75, 3.05) is 6.54 Å². The molecule has 0 unspecified atom stereocenters. The molecule has 0 fully saturated rings. The summed E-state index contributed by atoms with van der Waals surface area (Å²) in [5.41, 5.74) is 2.77. The maximum absolute atomic E-state index is 6.01. The summed E-state index contributed by atoms with van der Waals surface area (Å²) in [7, 11) is 0. The van der Waals surface area contributed by atoms with Crippen molar-refractivity contribution in [2.24, 2.45) is 5.92 Å². The molecule has 0 radical (unpaired) electrons. The Labute approximate surface area is 176 Å². The first-order chi connectivity index (χ1) is 13.3. The van der Waals surface area contributed by atoms with Gasteiger partial charge in [0.2, 0.25) is 0 Å². The predicted octanol–water partition coefficient (Wildman–Crippen LogP) is 6.36. The lowest BCUT2D eigenvalue weighted by Gasteiger charge is -2.20. The highest BCUT2D eigenvalue weighted by molar-refractivity contribution is 6.30. The fourth-order valence-electron chi connectivity index (χ4n) is 3.55. The molecule has 2 N–H and O–H groups in total. The number of hydrogen-bond donors (Lipinski definition) is 1. The molecule has 2 aromatic carbocycles. The third-order valence-corrected chi connectivity index (χ3v) is 5.50. The van der Waals surface area contributed by atoms with E-state index < -0.39 is 0 Å². The summed E-state index contributed by atoms with van der Waals surface area (Å²) < 4.78 is 5.80. The lowest BCUT2D eigenvalue weighted by atomic mass is 9.88. The van der Waals surface area contributed by atoms with Crippen LogP contribution in [-0.4, -0.2) is 12.6 Å². The second-order valence-corrected chi connectivity index (χ2v) is 8.99. The van der Waals surface area contributed by atoms with Gasteiger partial charge in [-0.15, -0.1) is 0 Å². The topological polar surface area (TPSA) is 25.8 Å². The van der Waals surface area contributed by atoms with Crippen LogP contribution >= 0.6 is 11.6 Å². The fraction of sp³-hybridized carbons (Fsp3) is 0.520. The Bertz CT molecular complexity index is 679. The van der Waals surface area contributed by atoms with Crippen molar-refractivity contribution < 1.29 is 10.1 Å². The van der Waals surface area contributed by atoms with Gasteiger partial charge in [0, 0.05) is 17.0 Å². The van der Waals surface area contributed by atoms with E-state index in [4.69, 9.17) is 16.3 Å². The van der Waals surface area contributed by atoms with E-state index >= 15 is 0 Å². The van der Waals surface area contributed by atoms with Gasteiger partial charge in [-0.2, -0.15) is 0 Å². The number of nitrogens with two attached hydrogens (primary N) is 1. The highest BCUT2D eigenvalue weighted by Crippen LogP contribution is 2.28. The molecule has 0 spiro atoms. The first kappa shape index (κ1) is 22.8. The summed E-state index contributed by atoms with van der Waals surface area (Å²) in [4.78, 5) is 0. The minimum Gasteiger partial charge on any atom is -0.491 e. The molecule has 0 bridgehead atoms. The van der Waals surface area contributed by atoms with E-state index in [-0.39, 0.29) is 6.10 Å². The maximum Gasteiger partial charge on any atom is 0.119 e. The average Bonchev–Trinajstić information content (AvgIpc) is 2.65. The van der Waals surface area contributed by atoms with Crippen LogP contribution in [0.1, 0.15) is 77.0 Å². The predicted molar refractivity (Wildman–Crippen MR) is 120 cm³/mol. The molecule has 2 rings (SSSR count). The molecular formula is C25H37ClNO+. The average molecular weight is 403 g/mol. The Kier molecular flexibility index (Phi) is 9.34. The van der Waals surface area contributed by atoms with E-state index in [1.165, 1.54) is 30.4 Å². The largest absolute Gasteiger partial charge is 0.491 e. The van der Waals surface area contributed by atoms with E-state index in [0.29, 0.717) is 12.0 Å². The SMILES string of the molecule is CC(C)CC[C@H](CC[NH2+][C@H](C)c1ccc(Cl)cc1)c1ccc(OC(C)C)cc1. The molecule has 0 saturated carbocycles. The van der Waals surface area contributed by atoms with Crippen LogP contribution in [0.4, 0.5) is 0 Å². The van der Waals surface area contributed by atoms with Crippen molar-refractivity contribution in [3.05, 3.63) is 64.7 Å². The van der Waals surface area contributed by atoms with Crippen LogP contribution in [0, 0.1) is 5.92 Å². The lowest BCUT2D eigenvalue weighted by molar-refractivity contribution is -0.693. The molecule has 0 aliphatic heterocycles. The molecule has 3 heteroatoms. The van der Waals surface area contributed by atoms with E-state index in [9.17, 15) is 0 Å². The number of quaternary nitrogens is 1. The molecule has 2 nitrogen and oxygen atoms in total. The van der Waals surface area contributed by atoms with Crippen LogP contribution in [0.25, 0.3) is 0 Å². The normalized spacial score (nSPS) is 13.7. The Morgan fingerprint density at radius 2 is 1.39 bits per heavy atom. The van der Waals surface area contributed by atoms with Gasteiger partial charge < -0.3 is 10.1 Å². The van der Waals surface area contributed by atoms with Crippen LogP contribution in [0.15, 0.2) is 48.5 Å². The smallest absolute Gasteiger partial charge is 0.119 e. The van der Waals surface area contributed by atoms with Gasteiger partial charge in [0.05, 0.1) is 12.6 Å². The Hall–Kier alpha value is -1.51.